The first-order valence-corrected chi connectivity index (χ1v) is 10.5. The summed E-state index contributed by atoms with van der Waals surface area (Å²) in [6.07, 6.45) is 0.406. The predicted octanol–water partition coefficient (Wildman–Crippen LogP) is 1.46. The SMILES string of the molecule is COc1ccc(OCC(O)Cn2c(N/N=C/c3ccc(F)cc3)nc3c2c(=O)[nH]c(=O)n3C)cc1. The summed E-state index contributed by atoms with van der Waals surface area (Å²) in [4.78, 5) is 31.2. The number of anilines is 1. The van der Waals surface area contributed by atoms with E-state index in [-0.39, 0.29) is 36.1 Å². The van der Waals surface area contributed by atoms with E-state index in [4.69, 9.17) is 9.47 Å². The summed E-state index contributed by atoms with van der Waals surface area (Å²) in [6, 6.07) is 12.5. The first kappa shape index (κ1) is 23.7. The lowest BCUT2D eigenvalue weighted by atomic mass is 10.2. The number of rotatable bonds is 9. The Labute approximate surface area is 198 Å². The van der Waals surface area contributed by atoms with E-state index in [0.717, 1.165) is 0 Å². The van der Waals surface area contributed by atoms with Gasteiger partial charge in [-0.15, -0.1) is 0 Å². The summed E-state index contributed by atoms with van der Waals surface area (Å²) in [5.74, 6) is 0.948. The number of hydrogen-bond acceptors (Lipinski definition) is 8. The molecule has 1 unspecified atom stereocenters. The van der Waals surface area contributed by atoms with Gasteiger partial charge in [-0.3, -0.25) is 14.3 Å². The number of hydrazone groups is 1. The molecule has 2 aromatic carbocycles. The van der Waals surface area contributed by atoms with Gasteiger partial charge in [0.05, 0.1) is 19.9 Å². The van der Waals surface area contributed by atoms with Gasteiger partial charge in [-0.1, -0.05) is 12.1 Å². The van der Waals surface area contributed by atoms with Crippen LogP contribution in [0.4, 0.5) is 10.3 Å². The molecule has 0 saturated carbocycles. The maximum atomic E-state index is 13.1. The van der Waals surface area contributed by atoms with Crippen LogP contribution in [0.5, 0.6) is 11.5 Å². The number of nitrogens with one attached hydrogen (secondary N) is 2. The van der Waals surface area contributed by atoms with Gasteiger partial charge < -0.3 is 19.1 Å². The third-order valence-electron chi connectivity index (χ3n) is 5.15. The number of methoxy groups -OCH3 is 1. The molecule has 4 rings (SSSR count). The monoisotopic (exact) mass is 482 g/mol. The topological polar surface area (TPSA) is 136 Å². The molecule has 0 aliphatic heterocycles. The van der Waals surface area contributed by atoms with Crippen molar-refractivity contribution in [2.75, 3.05) is 19.1 Å². The van der Waals surface area contributed by atoms with E-state index >= 15 is 0 Å². The second kappa shape index (κ2) is 10.2. The summed E-state index contributed by atoms with van der Waals surface area (Å²) in [5, 5.41) is 14.7. The van der Waals surface area contributed by atoms with Crippen LogP contribution in [0.2, 0.25) is 0 Å². The van der Waals surface area contributed by atoms with Gasteiger partial charge >= 0.3 is 5.69 Å². The summed E-state index contributed by atoms with van der Waals surface area (Å²) in [6.45, 7) is -0.156. The number of imidazole rings is 1. The van der Waals surface area contributed by atoms with E-state index in [1.807, 2.05) is 0 Å². The highest BCUT2D eigenvalue weighted by atomic mass is 19.1. The molecule has 11 nitrogen and oxygen atoms in total. The molecule has 0 spiro atoms. The van der Waals surface area contributed by atoms with Crippen molar-refractivity contribution in [3.8, 4) is 11.5 Å². The third-order valence-corrected chi connectivity index (χ3v) is 5.15. The van der Waals surface area contributed by atoms with Crippen LogP contribution in [0.3, 0.4) is 0 Å². The van der Waals surface area contributed by atoms with E-state index < -0.39 is 17.4 Å². The maximum absolute atomic E-state index is 13.1. The van der Waals surface area contributed by atoms with Gasteiger partial charge in [-0.05, 0) is 42.0 Å². The fraction of sp³-hybridized carbons (Fsp3) is 0.217. The van der Waals surface area contributed by atoms with Crippen molar-refractivity contribution in [1.82, 2.24) is 19.1 Å². The zero-order chi connectivity index (χ0) is 24.9. The van der Waals surface area contributed by atoms with Crippen LogP contribution >= 0.6 is 0 Å². The van der Waals surface area contributed by atoms with Crippen LogP contribution in [-0.4, -0.2) is 50.2 Å². The van der Waals surface area contributed by atoms with Crippen molar-refractivity contribution >= 4 is 23.3 Å². The van der Waals surface area contributed by atoms with Crippen LogP contribution in [0, 0.1) is 5.82 Å². The highest BCUT2D eigenvalue weighted by Crippen LogP contribution is 2.19. The van der Waals surface area contributed by atoms with Crippen molar-refractivity contribution in [2.24, 2.45) is 12.1 Å². The fourth-order valence-electron chi connectivity index (χ4n) is 3.34. The summed E-state index contributed by atoms with van der Waals surface area (Å²) in [5.41, 5.74) is 2.26. The maximum Gasteiger partial charge on any atom is 0.329 e. The summed E-state index contributed by atoms with van der Waals surface area (Å²) >= 11 is 0. The zero-order valence-electron chi connectivity index (χ0n) is 18.9. The lowest BCUT2D eigenvalue weighted by molar-refractivity contribution is 0.0938. The second-order valence-electron chi connectivity index (χ2n) is 7.60. The predicted molar refractivity (Wildman–Crippen MR) is 128 cm³/mol. The van der Waals surface area contributed by atoms with Gasteiger partial charge in [0.15, 0.2) is 11.2 Å². The lowest BCUT2D eigenvalue weighted by Crippen LogP contribution is -2.30. The molecule has 35 heavy (non-hydrogen) atoms. The van der Waals surface area contributed by atoms with Crippen LogP contribution < -0.4 is 26.1 Å². The third kappa shape index (κ3) is 5.38. The Morgan fingerprint density at radius 2 is 1.86 bits per heavy atom. The minimum atomic E-state index is -1.03. The largest absolute Gasteiger partial charge is 0.497 e. The minimum absolute atomic E-state index is 0.0754. The Morgan fingerprint density at radius 1 is 1.17 bits per heavy atom. The molecule has 0 radical (unpaired) electrons. The molecule has 1 atom stereocenters. The first-order valence-electron chi connectivity index (χ1n) is 10.5. The highest BCUT2D eigenvalue weighted by Gasteiger charge is 2.20. The standard InChI is InChI=1S/C23H23FN6O5/c1-29-20-19(21(32)27-23(29)33)30(12-16(31)13-35-18-9-7-17(34-2)8-10-18)22(26-20)28-25-11-14-3-5-15(24)6-4-14/h3-11,16,31H,12-13H2,1-2H3,(H,26,28)(H,27,32,33)/b25-11+. The van der Waals surface area contributed by atoms with Crippen LogP contribution in [-0.2, 0) is 13.6 Å². The van der Waals surface area contributed by atoms with E-state index in [1.54, 1.807) is 31.4 Å². The minimum Gasteiger partial charge on any atom is -0.497 e. The smallest absolute Gasteiger partial charge is 0.329 e. The average molecular weight is 482 g/mol. The number of fused-ring (bicyclic) bond motifs is 1. The molecule has 2 heterocycles. The normalized spacial score (nSPS) is 12.2. The number of aromatic amines is 1. The molecule has 182 valence electrons. The number of aromatic nitrogens is 4. The van der Waals surface area contributed by atoms with Crippen molar-refractivity contribution in [3.63, 3.8) is 0 Å². The molecule has 0 aliphatic carbocycles. The Kier molecular flexibility index (Phi) is 6.92. The van der Waals surface area contributed by atoms with Gasteiger partial charge in [-0.2, -0.15) is 10.1 Å². The van der Waals surface area contributed by atoms with Gasteiger partial charge in [0.2, 0.25) is 5.95 Å². The van der Waals surface area contributed by atoms with Gasteiger partial charge in [0, 0.05) is 7.05 Å². The number of nitrogens with zero attached hydrogens (tertiary/aromatic N) is 4. The molecule has 0 fully saturated rings. The molecule has 12 heteroatoms. The van der Waals surface area contributed by atoms with Crippen molar-refractivity contribution < 1.29 is 19.0 Å². The zero-order valence-corrected chi connectivity index (χ0v) is 18.9. The Bertz CT molecular complexity index is 1460. The van der Waals surface area contributed by atoms with Crippen LogP contribution in [0.25, 0.3) is 11.2 Å². The van der Waals surface area contributed by atoms with Crippen LogP contribution in [0.15, 0.2) is 63.2 Å². The van der Waals surface area contributed by atoms with Crippen molar-refractivity contribution in [1.29, 1.82) is 0 Å². The Morgan fingerprint density at radius 3 is 2.54 bits per heavy atom. The molecule has 0 saturated heterocycles. The van der Waals surface area contributed by atoms with E-state index in [2.05, 4.69) is 20.5 Å². The highest BCUT2D eigenvalue weighted by molar-refractivity contribution is 5.80. The van der Waals surface area contributed by atoms with E-state index in [9.17, 15) is 19.1 Å². The Hall–Kier alpha value is -4.45. The number of ether oxygens (including phenoxy) is 2. The lowest BCUT2D eigenvalue weighted by Gasteiger charge is -2.15. The number of aliphatic hydroxyl groups is 1. The fourth-order valence-corrected chi connectivity index (χ4v) is 3.34. The van der Waals surface area contributed by atoms with Crippen molar-refractivity contribution in [2.45, 2.75) is 12.6 Å². The molecular weight excluding hydrogens is 459 g/mol. The molecule has 0 amide bonds. The number of aliphatic hydroxyl groups excluding tert-OH is 1. The molecule has 4 aromatic rings. The summed E-state index contributed by atoms with van der Waals surface area (Å²) in [7, 11) is 3.02. The molecular formula is C23H23FN6O5. The number of H-pyrrole nitrogens is 1. The number of hydrogen-bond donors (Lipinski definition) is 3. The van der Waals surface area contributed by atoms with E-state index in [0.29, 0.717) is 17.1 Å². The molecule has 3 N–H and O–H groups in total. The van der Waals surface area contributed by atoms with Gasteiger partial charge in [-0.25, -0.2) is 14.6 Å². The Balaban J connectivity index is 1.58. The summed E-state index contributed by atoms with van der Waals surface area (Å²) < 4.78 is 26.4. The van der Waals surface area contributed by atoms with Crippen LogP contribution in [0.1, 0.15) is 5.56 Å². The number of halogens is 1. The van der Waals surface area contributed by atoms with Crippen molar-refractivity contribution in [3.05, 3.63) is 80.7 Å². The molecule has 0 aliphatic rings. The van der Waals surface area contributed by atoms with Gasteiger partial charge in [0.25, 0.3) is 5.56 Å². The first-order chi connectivity index (χ1) is 16.9. The number of benzene rings is 2. The quantitative estimate of drug-likeness (QED) is 0.243. The van der Waals surface area contributed by atoms with E-state index in [1.165, 1.54) is 46.7 Å². The van der Waals surface area contributed by atoms with Gasteiger partial charge in [0.1, 0.15) is 30.0 Å². The average Bonchev–Trinajstić information content (AvgIpc) is 3.21. The molecule has 2 aromatic heterocycles. The number of aryl methyl sites for hydroxylation is 1. The second-order valence-corrected chi connectivity index (χ2v) is 7.60. The molecule has 0 bridgehead atoms.